The van der Waals surface area contributed by atoms with E-state index in [1.807, 2.05) is 0 Å². The molecular formula is C14H13O3. The van der Waals surface area contributed by atoms with E-state index in [-0.39, 0.29) is 11.9 Å². The summed E-state index contributed by atoms with van der Waals surface area (Å²) < 4.78 is 5.10. The molecule has 3 heteroatoms. The summed E-state index contributed by atoms with van der Waals surface area (Å²) in [6.07, 6.45) is 8.43. The third-order valence-corrected chi connectivity index (χ3v) is 6.32. The zero-order chi connectivity index (χ0) is 11.4. The lowest BCUT2D eigenvalue weighted by Crippen LogP contribution is -2.50. The van der Waals surface area contributed by atoms with Crippen molar-refractivity contribution in [1.82, 2.24) is 0 Å². The van der Waals surface area contributed by atoms with Crippen LogP contribution in [0.2, 0.25) is 0 Å². The first-order chi connectivity index (χ1) is 8.22. The Morgan fingerprint density at radius 3 is 2.76 bits per heavy atom. The number of ether oxygens (including phenoxy) is 1. The molecule has 0 spiro atoms. The summed E-state index contributed by atoms with van der Waals surface area (Å²) in [5.74, 6) is 0.637. The maximum atomic E-state index is 12.4. The van der Waals surface area contributed by atoms with Gasteiger partial charge in [0.15, 0.2) is 0 Å². The van der Waals surface area contributed by atoms with Crippen molar-refractivity contribution in [3.63, 3.8) is 0 Å². The van der Waals surface area contributed by atoms with Gasteiger partial charge in [-0.05, 0) is 61.5 Å². The van der Waals surface area contributed by atoms with Gasteiger partial charge in [0.2, 0.25) is 0 Å². The summed E-state index contributed by atoms with van der Waals surface area (Å²) in [5.41, 5.74) is 0.134. The maximum absolute atomic E-state index is 12.4. The Labute approximate surface area is 99.2 Å². The third-order valence-electron chi connectivity index (χ3n) is 6.32. The molecule has 5 aliphatic rings. The standard InChI is InChI=1S/C14H13O3/c15-11-13-7-1-2-8(5-7)14(13,12(16)17-11)10-4-3-9(13)6-10/h7-9H,1-3,5-6H2. The molecule has 0 aromatic heterocycles. The first-order valence-corrected chi connectivity index (χ1v) is 6.59. The highest BCUT2D eigenvalue weighted by atomic mass is 16.6. The van der Waals surface area contributed by atoms with E-state index in [0.717, 1.165) is 37.7 Å². The van der Waals surface area contributed by atoms with Crippen LogP contribution in [0.5, 0.6) is 0 Å². The lowest BCUT2D eigenvalue weighted by Gasteiger charge is -2.43. The zero-order valence-corrected chi connectivity index (χ0v) is 9.49. The topological polar surface area (TPSA) is 43.4 Å². The Balaban J connectivity index is 1.92. The van der Waals surface area contributed by atoms with Gasteiger partial charge in [-0.3, -0.25) is 9.59 Å². The average molecular weight is 229 g/mol. The van der Waals surface area contributed by atoms with E-state index in [4.69, 9.17) is 4.74 Å². The summed E-state index contributed by atoms with van der Waals surface area (Å²) >= 11 is 0. The second-order valence-corrected chi connectivity index (χ2v) is 6.32. The normalized spacial score (nSPS) is 57.2. The number of esters is 2. The van der Waals surface area contributed by atoms with Crippen LogP contribution in [-0.2, 0) is 14.3 Å². The number of carbonyl (C=O) groups is 2. The van der Waals surface area contributed by atoms with Crippen LogP contribution in [-0.4, -0.2) is 11.9 Å². The molecule has 1 heterocycles. The highest BCUT2D eigenvalue weighted by Crippen LogP contribution is 2.81. The van der Waals surface area contributed by atoms with Gasteiger partial charge in [0.05, 0.1) is 5.41 Å². The quantitative estimate of drug-likeness (QED) is 0.468. The van der Waals surface area contributed by atoms with Crippen molar-refractivity contribution in [1.29, 1.82) is 0 Å². The van der Waals surface area contributed by atoms with Gasteiger partial charge < -0.3 is 4.74 Å². The van der Waals surface area contributed by atoms with Crippen molar-refractivity contribution in [3.05, 3.63) is 11.6 Å². The maximum Gasteiger partial charge on any atom is 0.325 e. The van der Waals surface area contributed by atoms with E-state index < -0.39 is 10.8 Å². The minimum Gasteiger partial charge on any atom is -0.392 e. The van der Waals surface area contributed by atoms with Crippen LogP contribution in [0.15, 0.2) is 5.57 Å². The number of cyclic esters (lactones) is 2. The summed E-state index contributed by atoms with van der Waals surface area (Å²) in [4.78, 5) is 24.7. The lowest BCUT2D eigenvalue weighted by atomic mass is 9.53. The number of allylic oxidation sites excluding steroid dienone is 1. The second kappa shape index (κ2) is 2.23. The van der Waals surface area contributed by atoms with Gasteiger partial charge in [-0.2, -0.15) is 0 Å². The van der Waals surface area contributed by atoms with E-state index in [1.54, 1.807) is 0 Å². The minimum atomic E-state index is -0.546. The van der Waals surface area contributed by atoms with Crippen molar-refractivity contribution in [2.75, 3.05) is 0 Å². The van der Waals surface area contributed by atoms with E-state index in [0.29, 0.717) is 17.8 Å². The van der Waals surface area contributed by atoms with Crippen molar-refractivity contribution in [2.24, 2.45) is 28.6 Å². The van der Waals surface area contributed by atoms with Crippen LogP contribution in [0.1, 0.15) is 32.1 Å². The Kier molecular flexibility index (Phi) is 1.17. The fraction of sp³-hybridized carbons (Fsp3) is 0.714. The third kappa shape index (κ3) is 0.569. The molecule has 4 fully saturated rings. The molecule has 4 aliphatic carbocycles. The van der Waals surface area contributed by atoms with Crippen molar-refractivity contribution < 1.29 is 14.3 Å². The molecule has 1 saturated heterocycles. The van der Waals surface area contributed by atoms with Gasteiger partial charge in [-0.1, -0.05) is 0 Å². The van der Waals surface area contributed by atoms with E-state index in [2.05, 4.69) is 6.08 Å². The molecule has 3 saturated carbocycles. The molecule has 4 bridgehead atoms. The summed E-state index contributed by atoms with van der Waals surface area (Å²) in [6.45, 7) is 0. The smallest absolute Gasteiger partial charge is 0.325 e. The van der Waals surface area contributed by atoms with Gasteiger partial charge in [0, 0.05) is 0 Å². The SMILES string of the molecule is O=C1OC(=O)C23C4C[C]=C(C4)C12C1CCC3C1. The van der Waals surface area contributed by atoms with Crippen molar-refractivity contribution in [2.45, 2.75) is 32.1 Å². The first kappa shape index (κ1) is 8.90. The Morgan fingerprint density at radius 2 is 1.94 bits per heavy atom. The highest BCUT2D eigenvalue weighted by Gasteiger charge is 2.85. The molecular weight excluding hydrogens is 216 g/mol. The van der Waals surface area contributed by atoms with Crippen LogP contribution >= 0.6 is 0 Å². The molecule has 0 N–H and O–H groups in total. The fourth-order valence-corrected chi connectivity index (χ4v) is 6.06. The van der Waals surface area contributed by atoms with Crippen LogP contribution in [0.4, 0.5) is 0 Å². The number of hydrogen-bond donors (Lipinski definition) is 0. The molecule has 0 aromatic carbocycles. The van der Waals surface area contributed by atoms with Gasteiger partial charge in [0.1, 0.15) is 5.41 Å². The van der Waals surface area contributed by atoms with E-state index in [9.17, 15) is 9.59 Å². The van der Waals surface area contributed by atoms with E-state index >= 15 is 0 Å². The van der Waals surface area contributed by atoms with Gasteiger partial charge in [0.25, 0.3) is 0 Å². The van der Waals surface area contributed by atoms with Gasteiger partial charge >= 0.3 is 11.9 Å². The first-order valence-electron chi connectivity index (χ1n) is 6.59. The number of fused-ring (bicyclic) bond motifs is 4. The Bertz CT molecular complexity index is 520. The van der Waals surface area contributed by atoms with Crippen LogP contribution in [0.3, 0.4) is 0 Å². The van der Waals surface area contributed by atoms with Crippen LogP contribution in [0.25, 0.3) is 0 Å². The molecule has 3 nitrogen and oxygen atoms in total. The van der Waals surface area contributed by atoms with Crippen molar-refractivity contribution in [3.8, 4) is 0 Å². The average Bonchev–Trinajstić information content (AvgIpc) is 3.04. The monoisotopic (exact) mass is 229 g/mol. The fourth-order valence-electron chi connectivity index (χ4n) is 6.06. The van der Waals surface area contributed by atoms with Gasteiger partial charge in [-0.15, -0.1) is 0 Å². The summed E-state index contributed by atoms with van der Waals surface area (Å²) in [6, 6.07) is 0. The largest absolute Gasteiger partial charge is 0.392 e. The molecule has 0 aromatic rings. The van der Waals surface area contributed by atoms with Crippen LogP contribution in [0, 0.1) is 34.7 Å². The van der Waals surface area contributed by atoms with Crippen molar-refractivity contribution >= 4 is 11.9 Å². The Hall–Kier alpha value is -1.12. The number of carbonyl (C=O) groups excluding carboxylic acids is 2. The molecule has 1 radical (unpaired) electrons. The molecule has 17 heavy (non-hydrogen) atoms. The molecule has 5 unspecified atom stereocenters. The summed E-state index contributed by atoms with van der Waals surface area (Å²) in [5, 5.41) is 0. The number of rotatable bonds is 0. The lowest BCUT2D eigenvalue weighted by molar-refractivity contribution is -0.158. The minimum absolute atomic E-state index is 0.198. The molecule has 5 atom stereocenters. The predicted molar refractivity (Wildman–Crippen MR) is 56.3 cm³/mol. The summed E-state index contributed by atoms with van der Waals surface area (Å²) in [7, 11) is 0. The highest BCUT2D eigenvalue weighted by molar-refractivity contribution is 6.06. The predicted octanol–water partition coefficient (Wildman–Crippen LogP) is 1.63. The molecule has 1 aliphatic heterocycles. The molecule has 87 valence electrons. The van der Waals surface area contributed by atoms with E-state index in [1.165, 1.54) is 0 Å². The van der Waals surface area contributed by atoms with Crippen LogP contribution < -0.4 is 0 Å². The zero-order valence-electron chi connectivity index (χ0n) is 9.49. The molecule has 0 amide bonds. The molecule has 5 rings (SSSR count). The Morgan fingerprint density at radius 1 is 1.12 bits per heavy atom. The second-order valence-electron chi connectivity index (χ2n) is 6.32. The van der Waals surface area contributed by atoms with Gasteiger partial charge in [-0.25, -0.2) is 0 Å². The number of hydrogen-bond acceptors (Lipinski definition) is 3.